The van der Waals surface area contributed by atoms with Crippen LogP contribution in [-0.2, 0) is 4.79 Å². The molecule has 0 aliphatic heterocycles. The second kappa shape index (κ2) is 7.44. The van der Waals surface area contributed by atoms with E-state index >= 15 is 0 Å². The molecular weight excluding hydrogens is 306 g/mol. The van der Waals surface area contributed by atoms with Crippen molar-refractivity contribution in [1.82, 2.24) is 10.9 Å². The molecular formula is C15H14ClN3O3. The van der Waals surface area contributed by atoms with Crippen LogP contribution >= 0.6 is 11.6 Å². The molecule has 0 aliphatic rings. The molecule has 2 aromatic carbocycles. The van der Waals surface area contributed by atoms with Crippen LogP contribution in [0, 0.1) is 0 Å². The molecule has 0 bridgehead atoms. The molecule has 0 fully saturated rings. The minimum Gasteiger partial charge on any atom is -0.378 e. The molecule has 4 N–H and O–H groups in total. The molecule has 22 heavy (non-hydrogen) atoms. The van der Waals surface area contributed by atoms with Crippen LogP contribution in [0.2, 0.25) is 5.02 Å². The number of hydrazine groups is 1. The van der Waals surface area contributed by atoms with Gasteiger partial charge in [0.25, 0.3) is 5.91 Å². The van der Waals surface area contributed by atoms with Crippen LogP contribution in [0.15, 0.2) is 54.6 Å². The number of hydrogen-bond donors (Lipinski definition) is 4. The number of amides is 3. The number of urea groups is 1. The van der Waals surface area contributed by atoms with Crippen LogP contribution in [0.3, 0.4) is 0 Å². The van der Waals surface area contributed by atoms with E-state index in [1.165, 1.54) is 0 Å². The first kappa shape index (κ1) is 15.8. The fraction of sp³-hybridized carbons (Fsp3) is 0.0667. The number of halogens is 1. The molecule has 6 nitrogen and oxygen atoms in total. The van der Waals surface area contributed by atoms with Crippen molar-refractivity contribution >= 4 is 29.2 Å². The highest BCUT2D eigenvalue weighted by atomic mass is 35.5. The van der Waals surface area contributed by atoms with Crippen LogP contribution in [0.5, 0.6) is 0 Å². The Hall–Kier alpha value is -2.57. The maximum atomic E-state index is 11.7. The van der Waals surface area contributed by atoms with E-state index in [1.807, 2.05) is 0 Å². The summed E-state index contributed by atoms with van der Waals surface area (Å²) in [6, 6.07) is 14.3. The average molecular weight is 320 g/mol. The zero-order valence-electron chi connectivity index (χ0n) is 11.4. The number of nitrogens with one attached hydrogen (secondary N) is 3. The first-order valence-corrected chi connectivity index (χ1v) is 6.79. The Kier molecular flexibility index (Phi) is 5.35. The van der Waals surface area contributed by atoms with E-state index in [0.717, 1.165) is 0 Å². The SMILES string of the molecule is O=C(NNC(=O)C(O)c1ccccc1)Nc1cccc(Cl)c1. The van der Waals surface area contributed by atoms with Crippen molar-refractivity contribution in [2.75, 3.05) is 5.32 Å². The Morgan fingerprint density at radius 3 is 2.41 bits per heavy atom. The van der Waals surface area contributed by atoms with Gasteiger partial charge in [-0.1, -0.05) is 48.0 Å². The molecule has 2 aromatic rings. The van der Waals surface area contributed by atoms with Crippen LogP contribution in [0.4, 0.5) is 10.5 Å². The smallest absolute Gasteiger partial charge is 0.337 e. The maximum absolute atomic E-state index is 11.7. The Morgan fingerprint density at radius 1 is 1.00 bits per heavy atom. The maximum Gasteiger partial charge on any atom is 0.337 e. The molecule has 0 radical (unpaired) electrons. The van der Waals surface area contributed by atoms with Gasteiger partial charge in [0.05, 0.1) is 0 Å². The van der Waals surface area contributed by atoms with Gasteiger partial charge in [-0.3, -0.25) is 10.2 Å². The molecule has 1 unspecified atom stereocenters. The highest BCUT2D eigenvalue weighted by Crippen LogP contribution is 2.14. The largest absolute Gasteiger partial charge is 0.378 e. The fourth-order valence-electron chi connectivity index (χ4n) is 1.70. The standard InChI is InChI=1S/C15H14ClN3O3/c16-11-7-4-8-12(9-11)17-15(22)19-18-14(21)13(20)10-5-2-1-3-6-10/h1-9,13,20H,(H,18,21)(H2,17,19,22). The van der Waals surface area contributed by atoms with Gasteiger partial charge in [-0.05, 0) is 23.8 Å². The lowest BCUT2D eigenvalue weighted by molar-refractivity contribution is -0.130. The number of hydrogen-bond acceptors (Lipinski definition) is 3. The van der Waals surface area contributed by atoms with Gasteiger partial charge in [-0.25, -0.2) is 10.2 Å². The van der Waals surface area contributed by atoms with Crippen LogP contribution in [-0.4, -0.2) is 17.0 Å². The van der Waals surface area contributed by atoms with Crippen molar-refractivity contribution in [3.05, 3.63) is 65.2 Å². The summed E-state index contributed by atoms with van der Waals surface area (Å²) in [6.45, 7) is 0. The molecule has 0 spiro atoms. The van der Waals surface area contributed by atoms with Crippen molar-refractivity contribution in [3.8, 4) is 0 Å². The van der Waals surface area contributed by atoms with E-state index in [9.17, 15) is 14.7 Å². The minimum atomic E-state index is -1.37. The molecule has 0 heterocycles. The molecule has 2 rings (SSSR count). The molecule has 0 aromatic heterocycles. The Labute approximate surface area is 132 Å². The normalized spacial score (nSPS) is 11.4. The number of aliphatic hydroxyl groups is 1. The summed E-state index contributed by atoms with van der Waals surface area (Å²) in [6.07, 6.45) is -1.37. The van der Waals surface area contributed by atoms with Gasteiger partial charge in [-0.2, -0.15) is 0 Å². The Bertz CT molecular complexity index is 664. The van der Waals surface area contributed by atoms with E-state index in [-0.39, 0.29) is 0 Å². The summed E-state index contributed by atoms with van der Waals surface area (Å²) in [4.78, 5) is 23.4. The number of benzene rings is 2. The third-order valence-electron chi connectivity index (χ3n) is 2.75. The Morgan fingerprint density at radius 2 is 1.73 bits per heavy atom. The first-order valence-electron chi connectivity index (χ1n) is 6.41. The highest BCUT2D eigenvalue weighted by molar-refractivity contribution is 6.30. The van der Waals surface area contributed by atoms with Crippen molar-refractivity contribution in [2.45, 2.75) is 6.10 Å². The lowest BCUT2D eigenvalue weighted by atomic mass is 10.1. The van der Waals surface area contributed by atoms with E-state index in [1.54, 1.807) is 54.6 Å². The quantitative estimate of drug-likeness (QED) is 0.654. The minimum absolute atomic E-state index is 0.428. The topological polar surface area (TPSA) is 90.5 Å². The molecule has 1 atom stereocenters. The highest BCUT2D eigenvalue weighted by Gasteiger charge is 2.17. The number of anilines is 1. The van der Waals surface area contributed by atoms with Crippen molar-refractivity contribution in [1.29, 1.82) is 0 Å². The van der Waals surface area contributed by atoms with Gasteiger partial charge in [0.2, 0.25) is 0 Å². The summed E-state index contributed by atoms with van der Waals surface area (Å²) in [7, 11) is 0. The molecule has 114 valence electrons. The number of rotatable bonds is 3. The van der Waals surface area contributed by atoms with Gasteiger partial charge in [-0.15, -0.1) is 0 Å². The zero-order chi connectivity index (χ0) is 15.9. The predicted octanol–water partition coefficient (Wildman–Crippen LogP) is 2.23. The van der Waals surface area contributed by atoms with Crippen molar-refractivity contribution in [3.63, 3.8) is 0 Å². The fourth-order valence-corrected chi connectivity index (χ4v) is 1.89. The second-order valence-electron chi connectivity index (χ2n) is 4.39. The lowest BCUT2D eigenvalue weighted by Crippen LogP contribution is -2.45. The summed E-state index contributed by atoms with van der Waals surface area (Å²) >= 11 is 5.79. The summed E-state index contributed by atoms with van der Waals surface area (Å²) in [5.41, 5.74) is 5.18. The van der Waals surface area contributed by atoms with E-state index < -0.39 is 18.0 Å². The summed E-state index contributed by atoms with van der Waals surface area (Å²) in [5.74, 6) is -0.743. The third-order valence-corrected chi connectivity index (χ3v) is 2.98. The van der Waals surface area contributed by atoms with Gasteiger partial charge in [0, 0.05) is 10.7 Å². The van der Waals surface area contributed by atoms with Gasteiger partial charge < -0.3 is 10.4 Å². The third kappa shape index (κ3) is 4.47. The van der Waals surface area contributed by atoms with Crippen LogP contribution < -0.4 is 16.2 Å². The number of carbonyl (C=O) groups excluding carboxylic acids is 2. The lowest BCUT2D eigenvalue weighted by Gasteiger charge is -2.13. The van der Waals surface area contributed by atoms with Crippen molar-refractivity contribution in [2.24, 2.45) is 0 Å². The molecule has 3 amide bonds. The van der Waals surface area contributed by atoms with E-state index in [2.05, 4.69) is 16.2 Å². The van der Waals surface area contributed by atoms with Crippen LogP contribution in [0.1, 0.15) is 11.7 Å². The summed E-state index contributed by atoms with van der Waals surface area (Å²) in [5, 5.41) is 12.8. The van der Waals surface area contributed by atoms with E-state index in [4.69, 9.17) is 11.6 Å². The molecule has 0 saturated carbocycles. The monoisotopic (exact) mass is 319 g/mol. The Balaban J connectivity index is 1.84. The van der Waals surface area contributed by atoms with Crippen LogP contribution in [0.25, 0.3) is 0 Å². The van der Waals surface area contributed by atoms with Crippen molar-refractivity contribution < 1.29 is 14.7 Å². The molecule has 0 saturated heterocycles. The first-order chi connectivity index (χ1) is 10.6. The van der Waals surface area contributed by atoms with Gasteiger partial charge in [0.1, 0.15) is 0 Å². The average Bonchev–Trinajstić information content (AvgIpc) is 2.52. The summed E-state index contributed by atoms with van der Waals surface area (Å²) < 4.78 is 0. The van der Waals surface area contributed by atoms with Gasteiger partial charge >= 0.3 is 6.03 Å². The molecule has 7 heteroatoms. The van der Waals surface area contributed by atoms with Gasteiger partial charge in [0.15, 0.2) is 6.10 Å². The molecule has 0 aliphatic carbocycles. The predicted molar refractivity (Wildman–Crippen MR) is 83.2 cm³/mol. The number of aliphatic hydroxyl groups excluding tert-OH is 1. The zero-order valence-corrected chi connectivity index (χ0v) is 12.2. The second-order valence-corrected chi connectivity index (χ2v) is 4.83. The number of carbonyl (C=O) groups is 2. The van der Waals surface area contributed by atoms with E-state index in [0.29, 0.717) is 16.3 Å².